The summed E-state index contributed by atoms with van der Waals surface area (Å²) in [6, 6.07) is 15.0. The Labute approximate surface area is 482 Å². The molecular weight excluding hydrogens is 1230 g/mol. The van der Waals surface area contributed by atoms with Gasteiger partial charge in [-0.1, -0.05) is 11.6 Å². The molecule has 0 aliphatic rings. The van der Waals surface area contributed by atoms with Gasteiger partial charge in [0.2, 0.25) is 0 Å². The van der Waals surface area contributed by atoms with Gasteiger partial charge >= 0.3 is 19.5 Å². The van der Waals surface area contributed by atoms with Gasteiger partial charge in [-0.15, -0.1) is 0 Å². The largest absolute Gasteiger partial charge is 2.00 e. The number of ketones is 1. The Kier molecular flexibility index (Phi) is 23.4. The zero-order valence-electron chi connectivity index (χ0n) is 41.6. The summed E-state index contributed by atoms with van der Waals surface area (Å²) in [5.41, 5.74) is 22.7. The van der Waals surface area contributed by atoms with Crippen LogP contribution in [0.5, 0.6) is 17.2 Å². The van der Waals surface area contributed by atoms with Crippen LogP contribution >= 0.6 is 43.5 Å². The molecule has 32 heteroatoms. The van der Waals surface area contributed by atoms with Crippen LogP contribution in [0.4, 0.5) is 52.0 Å². The number of aromatic amines is 3. The van der Waals surface area contributed by atoms with E-state index in [4.69, 9.17) is 77.2 Å². The second-order valence-corrected chi connectivity index (χ2v) is 16.8. The number of H-pyrrole nitrogens is 3. The first kappa shape index (κ1) is 61.6. The molecule has 0 bridgehead atoms. The number of methoxy groups -OCH3 is 3. The molecule has 79 heavy (non-hydrogen) atoms. The number of hydrogen-bond acceptors (Lipinski definition) is 25. The standard InChI is InChI=1S/2C13H11N7O.C12H11BrN6O.C7H6BrClN2O.2CN.Zn/c2*1-21-11-3-9-7(5-18-20-9)2-10(11)19-13-8(4-14)12(15)16-6-17-13;1-20-9-3-7-6(4-17-19-7)2-8(9)18-12-10(13)11(14)15-5-16-12;1-4(12)2-5-6(8)7(9)11-3-10-5;2*1-2;/h2*2-3,5-6H,1H3,(H,18,20)(H3,15,16,17,19);2-5H,1H3,(H,17,19)(H3,14,15,16,18);3H,2H2,1H3;;;/q;;;;2*-1;+2. The summed E-state index contributed by atoms with van der Waals surface area (Å²) in [6.07, 6.45) is 10.7. The van der Waals surface area contributed by atoms with E-state index in [1.54, 1.807) is 52.1 Å². The van der Waals surface area contributed by atoms with E-state index < -0.39 is 0 Å². The Morgan fingerprint density at radius 1 is 0.582 bits per heavy atom. The number of nitrogens with two attached hydrogens (primary N) is 3. The number of rotatable bonds is 11. The van der Waals surface area contributed by atoms with Gasteiger partial charge in [0.1, 0.15) is 105 Å². The summed E-state index contributed by atoms with van der Waals surface area (Å²) in [7, 11) is 4.72. The molecule has 7 aromatic heterocycles. The van der Waals surface area contributed by atoms with Crippen molar-refractivity contribution in [2.75, 3.05) is 54.5 Å². The van der Waals surface area contributed by atoms with E-state index in [2.05, 4.69) is 118 Å². The van der Waals surface area contributed by atoms with E-state index in [-0.39, 0.29) is 54.4 Å². The maximum atomic E-state index is 10.8. The van der Waals surface area contributed by atoms with Crippen LogP contribution in [0.25, 0.3) is 32.7 Å². The molecule has 0 aliphatic carbocycles. The van der Waals surface area contributed by atoms with Crippen LogP contribution < -0.4 is 47.4 Å². The predicted octanol–water partition coefficient (Wildman–Crippen LogP) is 7.78. The minimum absolute atomic E-state index is 0. The van der Waals surface area contributed by atoms with Gasteiger partial charge in [-0.3, -0.25) is 20.1 Å². The van der Waals surface area contributed by atoms with Gasteiger partial charge in [-0.25, -0.2) is 39.9 Å². The third kappa shape index (κ3) is 15.6. The SMILES string of the molecule is CC(=O)Cc1ncnc(Cl)c1Br.COc1cc2[nH]ncc2cc1Nc1ncnc(N)c1Br.COc1cc2[nH]ncc2cc1Nc1ncnc(N)c1C#N.COc1cc2[nH]ncc2cc1Nc1ncnc(N)c1C#N.[C-]#N.[C-]#N.[Zn+2]. The van der Waals surface area contributed by atoms with Crippen LogP contribution in [0.15, 0.2) is 89.2 Å². The molecule has 0 radical (unpaired) electrons. The number of nitriles is 2. The maximum absolute atomic E-state index is 10.8. The topological polar surface area (TPSA) is 443 Å². The first-order valence-corrected chi connectivity index (χ1v) is 23.4. The number of nitrogens with one attached hydrogen (secondary N) is 6. The molecule has 0 aliphatic heterocycles. The monoisotopic (exact) mass is 1260 g/mol. The smallest absolute Gasteiger partial charge is 0.512 e. The number of carbonyl (C=O) groups is 1. The van der Waals surface area contributed by atoms with E-state index in [1.165, 1.54) is 32.2 Å². The number of Topliss-reactive ketones (excluding diaryl/α,β-unsaturated/α-hetero) is 1. The number of fused-ring (bicyclic) bond motifs is 3. The minimum atomic E-state index is 0. The third-order valence-electron chi connectivity index (χ3n) is 10.1. The van der Waals surface area contributed by atoms with Crippen molar-refractivity contribution < 1.29 is 38.5 Å². The van der Waals surface area contributed by atoms with Gasteiger partial charge in [0.25, 0.3) is 0 Å². The van der Waals surface area contributed by atoms with Crippen molar-refractivity contribution >= 4 is 134 Å². The molecule has 0 fully saturated rings. The molecule has 0 spiro atoms. The summed E-state index contributed by atoms with van der Waals surface area (Å²) in [6.45, 7) is 11.0. The number of hydrogen-bond donors (Lipinski definition) is 9. The number of nitrogens with zero attached hydrogens (tertiary/aromatic N) is 15. The Morgan fingerprint density at radius 3 is 1.30 bits per heavy atom. The van der Waals surface area contributed by atoms with Crippen molar-refractivity contribution in [1.82, 2.24) is 70.5 Å². The van der Waals surface area contributed by atoms with Gasteiger partial charge in [-0.2, -0.15) is 25.8 Å². The molecule has 7 heterocycles. The third-order valence-corrected chi connectivity index (χ3v) is 12.2. The Morgan fingerprint density at radius 2 is 0.937 bits per heavy atom. The fourth-order valence-corrected chi connectivity index (χ4v) is 7.32. The van der Waals surface area contributed by atoms with Crippen LogP contribution in [0, 0.1) is 46.3 Å². The van der Waals surface area contributed by atoms with Crippen LogP contribution in [0.1, 0.15) is 23.7 Å². The fourth-order valence-electron chi connectivity index (χ4n) is 6.52. The minimum Gasteiger partial charge on any atom is -0.512 e. The van der Waals surface area contributed by atoms with E-state index >= 15 is 0 Å². The summed E-state index contributed by atoms with van der Waals surface area (Å²) in [5, 5.41) is 63.7. The van der Waals surface area contributed by atoms with Gasteiger partial charge in [0, 0.05) is 40.8 Å². The number of aromatic nitrogens is 14. The molecule has 0 saturated carbocycles. The Hall–Kier alpha value is -9.91. The second-order valence-electron chi connectivity index (χ2n) is 14.8. The van der Waals surface area contributed by atoms with E-state index in [0.717, 1.165) is 38.4 Å². The fraction of sp³-hybridized carbons (Fsp3) is 0.106. The molecule has 394 valence electrons. The van der Waals surface area contributed by atoms with Crippen molar-refractivity contribution in [3.8, 4) is 29.4 Å². The average molecular weight is 1260 g/mol. The first-order valence-electron chi connectivity index (χ1n) is 21.5. The van der Waals surface area contributed by atoms with Gasteiger partial charge in [-0.05, 0) is 57.0 Å². The zero-order valence-corrected chi connectivity index (χ0v) is 48.5. The summed E-state index contributed by atoms with van der Waals surface area (Å²) in [4.78, 5) is 42.1. The van der Waals surface area contributed by atoms with Crippen LogP contribution in [-0.4, -0.2) is 97.6 Å². The van der Waals surface area contributed by atoms with Crippen molar-refractivity contribution in [3.05, 3.63) is 124 Å². The maximum Gasteiger partial charge on any atom is 2.00 e. The predicted molar refractivity (Wildman–Crippen MR) is 293 cm³/mol. The molecular formula is C47H39Br2ClN24O4Zn. The van der Waals surface area contributed by atoms with Crippen molar-refractivity contribution in [2.24, 2.45) is 0 Å². The normalized spacial score (nSPS) is 9.73. The van der Waals surface area contributed by atoms with Crippen LogP contribution in [0.2, 0.25) is 5.15 Å². The number of carbonyl (C=O) groups excluding carboxylic acids is 1. The molecule has 0 unspecified atom stereocenters. The van der Waals surface area contributed by atoms with Crippen molar-refractivity contribution in [2.45, 2.75) is 13.3 Å². The Balaban J connectivity index is 0.000000225. The summed E-state index contributed by atoms with van der Waals surface area (Å²) in [5.74, 6) is 3.73. The molecule has 28 nitrogen and oxygen atoms in total. The number of nitrogen functional groups attached to an aromatic ring is 3. The number of ether oxygens (including phenoxy) is 3. The molecule has 0 atom stereocenters. The van der Waals surface area contributed by atoms with Gasteiger partial charge in [0.15, 0.2) is 11.6 Å². The number of anilines is 9. The molecule has 3 aromatic carbocycles. The molecule has 10 aromatic rings. The molecule has 10 rings (SSSR count). The van der Waals surface area contributed by atoms with E-state index in [1.807, 2.05) is 36.4 Å². The van der Waals surface area contributed by atoms with Crippen LogP contribution in [-0.2, 0) is 30.7 Å². The quantitative estimate of drug-likeness (QED) is 0.0339. The van der Waals surface area contributed by atoms with E-state index in [9.17, 15) is 4.79 Å². The number of benzene rings is 3. The Bertz CT molecular complexity index is 3690. The van der Waals surface area contributed by atoms with Crippen LogP contribution in [0.3, 0.4) is 0 Å². The average Bonchev–Trinajstić information content (AvgIpc) is 4.30. The van der Waals surface area contributed by atoms with Gasteiger partial charge in [0.05, 0.1) is 83.7 Å². The molecule has 0 saturated heterocycles. The first-order chi connectivity index (χ1) is 37.7. The van der Waals surface area contributed by atoms with E-state index in [0.29, 0.717) is 71.7 Å². The van der Waals surface area contributed by atoms with Crippen molar-refractivity contribution in [3.63, 3.8) is 0 Å². The second kappa shape index (κ2) is 30.0. The summed E-state index contributed by atoms with van der Waals surface area (Å²) >= 11 is 12.2. The molecule has 12 N–H and O–H groups in total. The molecule has 0 amide bonds. The van der Waals surface area contributed by atoms with Gasteiger partial charge < -0.3 is 71.0 Å². The number of halogens is 3. The zero-order chi connectivity index (χ0) is 56.9. The van der Waals surface area contributed by atoms with Crippen molar-refractivity contribution in [1.29, 1.82) is 21.0 Å². The summed E-state index contributed by atoms with van der Waals surface area (Å²) < 4.78 is 17.2.